The number of nitrogens with two attached hydrogens (primary N) is 1. The number of Topliss-reactive ketones (excluding diaryl/α,β-unsaturated/α-hetero) is 1. The lowest BCUT2D eigenvalue weighted by atomic mass is 10.0. The Hall–Kier alpha value is -3.35. The summed E-state index contributed by atoms with van der Waals surface area (Å²) in [7, 11) is 0. The molecule has 1 fully saturated rings. The fourth-order valence-electron chi connectivity index (χ4n) is 4.41. The van der Waals surface area contributed by atoms with Gasteiger partial charge in [0, 0.05) is 40.8 Å². The van der Waals surface area contributed by atoms with Gasteiger partial charge in [0.15, 0.2) is 6.61 Å². The minimum Gasteiger partial charge on any atom is -0.485 e. The number of halogens is 1. The summed E-state index contributed by atoms with van der Waals surface area (Å²) in [6, 6.07) is 14.9. The Bertz CT molecular complexity index is 1420. The summed E-state index contributed by atoms with van der Waals surface area (Å²) < 4.78 is 7.86. The van der Waals surface area contributed by atoms with Crippen molar-refractivity contribution in [2.45, 2.75) is 31.7 Å². The van der Waals surface area contributed by atoms with E-state index in [9.17, 15) is 14.7 Å². The second-order valence-corrected chi connectivity index (χ2v) is 9.22. The summed E-state index contributed by atoms with van der Waals surface area (Å²) in [6.45, 7) is 0.467. The normalized spacial score (nSPS) is 13.5. The standard InChI is InChI=1S/C27H25ClN2O4/c28-20-6-4-18-13-26(22(27(29)33)11-19(18)10-20)34-15-25(32)23-14-30(8-1-9-31)24-12-17(16-2-3-16)5-7-21(23)24/h4-7,10-14,16,31H,1-3,8-9,15H2,(H2,29,33). The summed E-state index contributed by atoms with van der Waals surface area (Å²) >= 11 is 6.06. The molecule has 7 heteroatoms. The van der Waals surface area contributed by atoms with Crippen LogP contribution in [0, 0.1) is 0 Å². The van der Waals surface area contributed by atoms with Crippen LogP contribution in [0.1, 0.15) is 51.5 Å². The lowest BCUT2D eigenvalue weighted by molar-refractivity contribution is 0.0913. The smallest absolute Gasteiger partial charge is 0.252 e. The number of aliphatic hydroxyl groups excluding tert-OH is 1. The number of aryl methyl sites for hydroxylation is 1. The van der Waals surface area contributed by atoms with Gasteiger partial charge in [-0.2, -0.15) is 0 Å². The first-order valence-corrected chi connectivity index (χ1v) is 11.7. The molecule has 0 saturated heterocycles. The third-order valence-corrected chi connectivity index (χ3v) is 6.57. The van der Waals surface area contributed by atoms with Crippen molar-refractivity contribution in [3.8, 4) is 5.75 Å². The lowest BCUT2D eigenvalue weighted by Crippen LogP contribution is -2.16. The highest BCUT2D eigenvalue weighted by Gasteiger charge is 2.25. The maximum atomic E-state index is 13.2. The zero-order valence-corrected chi connectivity index (χ0v) is 19.3. The number of hydrogen-bond acceptors (Lipinski definition) is 4. The van der Waals surface area contributed by atoms with Gasteiger partial charge in [0.2, 0.25) is 5.78 Å². The lowest BCUT2D eigenvalue weighted by Gasteiger charge is -2.11. The molecule has 3 aromatic carbocycles. The molecule has 4 aromatic rings. The van der Waals surface area contributed by atoms with Crippen molar-refractivity contribution in [3.63, 3.8) is 0 Å². The highest BCUT2D eigenvalue weighted by molar-refractivity contribution is 6.31. The van der Waals surface area contributed by atoms with Crippen LogP contribution >= 0.6 is 11.6 Å². The number of carbonyl (C=O) groups excluding carboxylic acids is 2. The van der Waals surface area contributed by atoms with Gasteiger partial charge in [-0.05, 0) is 71.8 Å². The van der Waals surface area contributed by atoms with Gasteiger partial charge in [-0.15, -0.1) is 0 Å². The molecule has 0 spiro atoms. The van der Waals surface area contributed by atoms with Gasteiger partial charge in [0.25, 0.3) is 5.91 Å². The van der Waals surface area contributed by atoms with E-state index >= 15 is 0 Å². The summed E-state index contributed by atoms with van der Waals surface area (Å²) in [5.74, 6) is 0.0230. The minimum atomic E-state index is -0.641. The van der Waals surface area contributed by atoms with Gasteiger partial charge in [0.05, 0.1) is 5.56 Å². The van der Waals surface area contributed by atoms with Crippen molar-refractivity contribution in [2.24, 2.45) is 5.73 Å². The predicted octanol–water partition coefficient (Wildman–Crippen LogP) is 5.07. The van der Waals surface area contributed by atoms with Crippen LogP contribution in [0.3, 0.4) is 0 Å². The molecule has 0 unspecified atom stereocenters. The number of fused-ring (bicyclic) bond motifs is 2. The Kier molecular flexibility index (Phi) is 6.02. The average molecular weight is 477 g/mol. The van der Waals surface area contributed by atoms with Crippen LogP contribution in [0.4, 0.5) is 0 Å². The molecule has 1 aromatic heterocycles. The maximum absolute atomic E-state index is 13.2. The van der Waals surface area contributed by atoms with E-state index in [1.165, 1.54) is 18.4 Å². The van der Waals surface area contributed by atoms with Crippen molar-refractivity contribution in [1.82, 2.24) is 4.57 Å². The molecule has 0 atom stereocenters. The van der Waals surface area contributed by atoms with E-state index in [0.717, 1.165) is 21.7 Å². The molecule has 1 saturated carbocycles. The summed E-state index contributed by atoms with van der Waals surface area (Å²) in [5, 5.41) is 12.3. The Labute approximate surface area is 201 Å². The second kappa shape index (κ2) is 9.12. The number of benzene rings is 3. The fraction of sp³-hybridized carbons (Fsp3) is 0.259. The van der Waals surface area contributed by atoms with Crippen molar-refractivity contribution >= 4 is 45.0 Å². The molecule has 1 heterocycles. The van der Waals surface area contributed by atoms with Crippen LogP contribution in [-0.2, 0) is 6.54 Å². The molecular formula is C27H25ClN2O4. The zero-order valence-electron chi connectivity index (χ0n) is 18.6. The van der Waals surface area contributed by atoms with E-state index in [1.807, 2.05) is 22.9 Å². The van der Waals surface area contributed by atoms with Gasteiger partial charge >= 0.3 is 0 Å². The van der Waals surface area contributed by atoms with Crippen LogP contribution in [0.15, 0.2) is 54.7 Å². The summed E-state index contributed by atoms with van der Waals surface area (Å²) in [6.07, 6.45) is 4.83. The largest absolute Gasteiger partial charge is 0.485 e. The fourth-order valence-corrected chi connectivity index (χ4v) is 4.59. The van der Waals surface area contributed by atoms with Crippen LogP contribution in [-0.4, -0.2) is 34.6 Å². The SMILES string of the molecule is NC(=O)c1cc2cc(Cl)ccc2cc1OCC(=O)c1cn(CCCO)c2cc(C3CC3)ccc12. The molecule has 1 aliphatic carbocycles. The number of amides is 1. The van der Waals surface area contributed by atoms with Crippen molar-refractivity contribution < 1.29 is 19.4 Å². The van der Waals surface area contributed by atoms with E-state index in [1.54, 1.807) is 24.3 Å². The van der Waals surface area contributed by atoms with Gasteiger partial charge in [-0.1, -0.05) is 29.8 Å². The molecule has 1 amide bonds. The third-order valence-electron chi connectivity index (χ3n) is 6.34. The number of rotatable bonds is 9. The van der Waals surface area contributed by atoms with Gasteiger partial charge in [-0.25, -0.2) is 0 Å². The molecule has 6 nitrogen and oxygen atoms in total. The number of ether oxygens (including phenoxy) is 1. The number of aromatic nitrogens is 1. The molecule has 5 rings (SSSR count). The van der Waals surface area contributed by atoms with Crippen LogP contribution in [0.2, 0.25) is 5.02 Å². The number of aliphatic hydroxyl groups is 1. The van der Waals surface area contributed by atoms with E-state index < -0.39 is 5.91 Å². The Morgan fingerprint density at radius 2 is 1.88 bits per heavy atom. The Morgan fingerprint density at radius 3 is 2.62 bits per heavy atom. The van der Waals surface area contributed by atoms with E-state index in [0.29, 0.717) is 29.5 Å². The molecule has 174 valence electrons. The minimum absolute atomic E-state index is 0.0808. The molecule has 34 heavy (non-hydrogen) atoms. The van der Waals surface area contributed by atoms with Crippen molar-refractivity contribution in [2.75, 3.05) is 13.2 Å². The van der Waals surface area contributed by atoms with Crippen molar-refractivity contribution in [3.05, 3.63) is 76.4 Å². The van der Waals surface area contributed by atoms with Crippen LogP contribution in [0.25, 0.3) is 21.7 Å². The molecule has 1 aliphatic rings. The quantitative estimate of drug-likeness (QED) is 0.330. The summed E-state index contributed by atoms with van der Waals surface area (Å²) in [4.78, 5) is 25.3. The molecular weight excluding hydrogens is 452 g/mol. The van der Waals surface area contributed by atoms with E-state index in [-0.39, 0.29) is 30.3 Å². The van der Waals surface area contributed by atoms with Gasteiger partial charge in [0.1, 0.15) is 5.75 Å². The van der Waals surface area contributed by atoms with Gasteiger partial charge in [-0.3, -0.25) is 9.59 Å². The predicted molar refractivity (Wildman–Crippen MR) is 133 cm³/mol. The number of nitrogens with zero attached hydrogens (tertiary/aromatic N) is 1. The van der Waals surface area contributed by atoms with E-state index in [2.05, 4.69) is 12.1 Å². The second-order valence-electron chi connectivity index (χ2n) is 8.78. The highest BCUT2D eigenvalue weighted by Crippen LogP contribution is 2.41. The molecule has 0 aliphatic heterocycles. The maximum Gasteiger partial charge on any atom is 0.252 e. The van der Waals surface area contributed by atoms with E-state index in [4.69, 9.17) is 22.1 Å². The number of carbonyl (C=O) groups is 2. The molecule has 3 N–H and O–H groups in total. The highest BCUT2D eigenvalue weighted by atomic mass is 35.5. The topological polar surface area (TPSA) is 94.6 Å². The van der Waals surface area contributed by atoms with Crippen molar-refractivity contribution in [1.29, 1.82) is 0 Å². The zero-order chi connectivity index (χ0) is 23.8. The Morgan fingerprint density at radius 1 is 1.06 bits per heavy atom. The monoisotopic (exact) mass is 476 g/mol. The molecule has 0 bridgehead atoms. The number of primary amides is 1. The average Bonchev–Trinajstić information content (AvgIpc) is 3.62. The van der Waals surface area contributed by atoms with Crippen LogP contribution < -0.4 is 10.5 Å². The third kappa shape index (κ3) is 4.39. The number of ketones is 1. The first-order valence-electron chi connectivity index (χ1n) is 11.4. The van der Waals surface area contributed by atoms with Gasteiger partial charge < -0.3 is 20.1 Å². The Balaban J connectivity index is 1.45. The first kappa shape index (κ1) is 22.4. The molecule has 0 radical (unpaired) electrons. The summed E-state index contributed by atoms with van der Waals surface area (Å²) in [5.41, 5.74) is 8.60. The number of hydrogen-bond donors (Lipinski definition) is 2. The van der Waals surface area contributed by atoms with Crippen LogP contribution in [0.5, 0.6) is 5.75 Å². The first-order chi connectivity index (χ1) is 16.4.